The molecule has 0 amide bonds. The van der Waals surface area contributed by atoms with Gasteiger partial charge in [-0.3, -0.25) is 4.90 Å². The van der Waals surface area contributed by atoms with Gasteiger partial charge in [-0.2, -0.15) is 0 Å². The molecule has 0 radical (unpaired) electrons. The number of piperazine rings is 1. The fourth-order valence-corrected chi connectivity index (χ4v) is 3.12. The van der Waals surface area contributed by atoms with E-state index in [1.54, 1.807) is 20.3 Å². The van der Waals surface area contributed by atoms with Crippen LogP contribution in [-0.4, -0.2) is 50.4 Å². The maximum atomic E-state index is 10.0. The van der Waals surface area contributed by atoms with Crippen molar-refractivity contribution in [2.24, 2.45) is 0 Å². The Bertz CT molecular complexity index is 682. The molecule has 2 aromatic rings. The summed E-state index contributed by atoms with van der Waals surface area (Å²) >= 11 is 0. The first-order valence-corrected chi connectivity index (χ1v) is 8.17. The lowest BCUT2D eigenvalue weighted by molar-refractivity contribution is 0.245. The molecular formula is C19H24N2O3. The van der Waals surface area contributed by atoms with E-state index in [1.165, 1.54) is 0 Å². The molecule has 24 heavy (non-hydrogen) atoms. The van der Waals surface area contributed by atoms with Crippen LogP contribution in [0, 0.1) is 0 Å². The minimum absolute atomic E-state index is 0.348. The minimum Gasteiger partial charge on any atom is -0.506 e. The second-order valence-electron chi connectivity index (χ2n) is 5.93. The zero-order valence-corrected chi connectivity index (χ0v) is 14.2. The van der Waals surface area contributed by atoms with Crippen LogP contribution in [0.25, 0.3) is 0 Å². The summed E-state index contributed by atoms with van der Waals surface area (Å²) in [6.45, 7) is 4.49. The number of anilines is 1. The molecular weight excluding hydrogens is 304 g/mol. The third kappa shape index (κ3) is 3.57. The number of aromatic hydroxyl groups is 1. The zero-order valence-electron chi connectivity index (χ0n) is 14.2. The maximum absolute atomic E-state index is 10.0. The fraction of sp³-hybridized carbons (Fsp3) is 0.368. The molecule has 0 aromatic heterocycles. The van der Waals surface area contributed by atoms with Gasteiger partial charge in [0.2, 0.25) is 0 Å². The van der Waals surface area contributed by atoms with Crippen LogP contribution in [0.2, 0.25) is 0 Å². The Kier molecular flexibility index (Phi) is 5.11. The summed E-state index contributed by atoms with van der Waals surface area (Å²) < 4.78 is 10.8. The molecule has 128 valence electrons. The maximum Gasteiger partial charge on any atom is 0.138 e. The smallest absolute Gasteiger partial charge is 0.138 e. The van der Waals surface area contributed by atoms with Crippen LogP contribution >= 0.6 is 0 Å². The van der Waals surface area contributed by atoms with Crippen molar-refractivity contribution in [1.29, 1.82) is 0 Å². The van der Waals surface area contributed by atoms with Crippen LogP contribution in [0.15, 0.2) is 42.5 Å². The molecule has 1 heterocycles. The Hall–Kier alpha value is -2.40. The Morgan fingerprint density at radius 3 is 2.38 bits per heavy atom. The van der Waals surface area contributed by atoms with Crippen LogP contribution in [0.3, 0.4) is 0 Å². The van der Waals surface area contributed by atoms with Gasteiger partial charge in [0.15, 0.2) is 0 Å². The van der Waals surface area contributed by atoms with E-state index in [9.17, 15) is 5.11 Å². The van der Waals surface area contributed by atoms with Crippen LogP contribution in [-0.2, 0) is 6.54 Å². The topological polar surface area (TPSA) is 45.2 Å². The summed E-state index contributed by atoms with van der Waals surface area (Å²) in [5.41, 5.74) is 2.05. The van der Waals surface area contributed by atoms with Crippen molar-refractivity contribution < 1.29 is 14.6 Å². The summed E-state index contributed by atoms with van der Waals surface area (Å²) in [7, 11) is 3.37. The molecule has 5 nitrogen and oxygen atoms in total. The summed E-state index contributed by atoms with van der Waals surface area (Å²) in [6, 6.07) is 13.4. The highest BCUT2D eigenvalue weighted by molar-refractivity contribution is 5.57. The van der Waals surface area contributed by atoms with Gasteiger partial charge in [0, 0.05) is 38.3 Å². The molecule has 1 N–H and O–H groups in total. The largest absolute Gasteiger partial charge is 0.506 e. The Balaban J connectivity index is 1.64. The molecule has 0 bridgehead atoms. The number of phenolic OH excluding ortho intramolecular Hbond substituents is 1. The van der Waals surface area contributed by atoms with Crippen molar-refractivity contribution in [1.82, 2.24) is 4.90 Å². The predicted molar refractivity (Wildman–Crippen MR) is 95.1 cm³/mol. The van der Waals surface area contributed by atoms with E-state index in [4.69, 9.17) is 9.47 Å². The van der Waals surface area contributed by atoms with Crippen molar-refractivity contribution in [2.45, 2.75) is 6.54 Å². The Morgan fingerprint density at radius 2 is 1.71 bits per heavy atom. The van der Waals surface area contributed by atoms with Crippen LogP contribution in [0.1, 0.15) is 5.56 Å². The number of rotatable bonds is 5. The van der Waals surface area contributed by atoms with E-state index in [0.29, 0.717) is 5.75 Å². The number of hydrogen-bond donors (Lipinski definition) is 1. The third-order valence-corrected chi connectivity index (χ3v) is 4.48. The predicted octanol–water partition coefficient (Wildman–Crippen LogP) is 2.73. The fourth-order valence-electron chi connectivity index (χ4n) is 3.12. The number of hydrogen-bond acceptors (Lipinski definition) is 5. The van der Waals surface area contributed by atoms with Gasteiger partial charge < -0.3 is 19.5 Å². The summed E-state index contributed by atoms with van der Waals surface area (Å²) in [5.74, 6) is 2.08. The summed E-state index contributed by atoms with van der Waals surface area (Å²) in [6.07, 6.45) is 0. The Labute approximate surface area is 143 Å². The standard InChI is InChI=1S/C19H24N2O3/c1-23-16-7-8-19(24-2)15(13-16)14-20-9-11-21(12-10-20)17-5-3-4-6-18(17)22/h3-8,13,22H,9-12,14H2,1-2H3. The third-order valence-electron chi connectivity index (χ3n) is 4.48. The number of methoxy groups -OCH3 is 2. The molecule has 2 aromatic carbocycles. The normalized spacial score (nSPS) is 15.3. The zero-order chi connectivity index (χ0) is 16.9. The van der Waals surface area contributed by atoms with Crippen molar-refractivity contribution in [2.75, 3.05) is 45.3 Å². The molecule has 0 unspecified atom stereocenters. The van der Waals surface area contributed by atoms with Crippen molar-refractivity contribution in [3.8, 4) is 17.2 Å². The van der Waals surface area contributed by atoms with Gasteiger partial charge >= 0.3 is 0 Å². The average Bonchev–Trinajstić information content (AvgIpc) is 2.63. The number of ether oxygens (including phenoxy) is 2. The highest BCUT2D eigenvalue weighted by Crippen LogP contribution is 2.29. The van der Waals surface area contributed by atoms with Crippen LogP contribution in [0.4, 0.5) is 5.69 Å². The van der Waals surface area contributed by atoms with E-state index in [2.05, 4.69) is 9.80 Å². The van der Waals surface area contributed by atoms with Gasteiger partial charge in [-0.25, -0.2) is 0 Å². The van der Waals surface area contributed by atoms with Crippen LogP contribution in [0.5, 0.6) is 17.2 Å². The number of phenols is 1. The van der Waals surface area contributed by atoms with E-state index < -0.39 is 0 Å². The number of para-hydroxylation sites is 2. The quantitative estimate of drug-likeness (QED) is 0.914. The lowest BCUT2D eigenvalue weighted by Gasteiger charge is -2.36. The van der Waals surface area contributed by atoms with Gasteiger partial charge in [0.25, 0.3) is 0 Å². The second-order valence-corrected chi connectivity index (χ2v) is 5.93. The highest BCUT2D eigenvalue weighted by atomic mass is 16.5. The molecule has 1 fully saturated rings. The van der Waals surface area contributed by atoms with Gasteiger partial charge in [0.05, 0.1) is 19.9 Å². The molecule has 1 aliphatic heterocycles. The number of nitrogens with zero attached hydrogens (tertiary/aromatic N) is 2. The molecule has 1 aliphatic rings. The van der Waals surface area contributed by atoms with Crippen molar-refractivity contribution in [3.05, 3.63) is 48.0 Å². The number of benzene rings is 2. The monoisotopic (exact) mass is 328 g/mol. The lowest BCUT2D eigenvalue weighted by Crippen LogP contribution is -2.46. The van der Waals surface area contributed by atoms with Crippen LogP contribution < -0.4 is 14.4 Å². The van der Waals surface area contributed by atoms with Gasteiger partial charge in [-0.05, 0) is 30.3 Å². The molecule has 3 rings (SSSR count). The molecule has 5 heteroatoms. The van der Waals surface area contributed by atoms with E-state index >= 15 is 0 Å². The second kappa shape index (κ2) is 7.45. The minimum atomic E-state index is 0.348. The molecule has 1 saturated heterocycles. The molecule has 0 saturated carbocycles. The lowest BCUT2D eigenvalue weighted by atomic mass is 10.1. The average molecular weight is 328 g/mol. The molecule has 0 spiro atoms. The first-order chi connectivity index (χ1) is 11.7. The molecule has 0 aliphatic carbocycles. The SMILES string of the molecule is COc1ccc(OC)c(CN2CCN(c3ccccc3O)CC2)c1. The van der Waals surface area contributed by atoms with Gasteiger partial charge in [0.1, 0.15) is 17.2 Å². The first kappa shape index (κ1) is 16.5. The van der Waals surface area contributed by atoms with E-state index in [1.807, 2.05) is 36.4 Å². The highest BCUT2D eigenvalue weighted by Gasteiger charge is 2.20. The van der Waals surface area contributed by atoms with Gasteiger partial charge in [-0.15, -0.1) is 0 Å². The van der Waals surface area contributed by atoms with Crippen molar-refractivity contribution >= 4 is 5.69 Å². The van der Waals surface area contributed by atoms with E-state index in [0.717, 1.165) is 55.5 Å². The summed E-state index contributed by atoms with van der Waals surface area (Å²) in [5, 5.41) is 10.0. The Morgan fingerprint density at radius 1 is 0.958 bits per heavy atom. The van der Waals surface area contributed by atoms with Gasteiger partial charge in [-0.1, -0.05) is 12.1 Å². The molecule has 0 atom stereocenters. The van der Waals surface area contributed by atoms with Crippen molar-refractivity contribution in [3.63, 3.8) is 0 Å². The van der Waals surface area contributed by atoms with E-state index in [-0.39, 0.29) is 0 Å². The summed E-state index contributed by atoms with van der Waals surface area (Å²) in [4.78, 5) is 4.63. The first-order valence-electron chi connectivity index (χ1n) is 8.17.